The SMILES string of the molecule is O=C(NCCCI)c1ccc(F)c(Cl)c1. The van der Waals surface area contributed by atoms with Crippen LogP contribution in [0.4, 0.5) is 4.39 Å². The van der Waals surface area contributed by atoms with Crippen LogP contribution in [-0.4, -0.2) is 16.9 Å². The van der Waals surface area contributed by atoms with E-state index in [-0.39, 0.29) is 10.9 Å². The van der Waals surface area contributed by atoms with E-state index < -0.39 is 5.82 Å². The van der Waals surface area contributed by atoms with Crippen LogP contribution in [-0.2, 0) is 0 Å². The van der Waals surface area contributed by atoms with Gasteiger partial charge in [0, 0.05) is 16.5 Å². The van der Waals surface area contributed by atoms with Gasteiger partial charge < -0.3 is 5.32 Å². The third kappa shape index (κ3) is 3.95. The van der Waals surface area contributed by atoms with Gasteiger partial charge >= 0.3 is 0 Å². The number of rotatable bonds is 4. The number of carbonyl (C=O) groups is 1. The highest BCUT2D eigenvalue weighted by molar-refractivity contribution is 14.1. The second-order valence-electron chi connectivity index (χ2n) is 2.93. The Kier molecular flexibility index (Phi) is 5.31. The Balaban J connectivity index is 2.62. The molecule has 0 aliphatic heterocycles. The lowest BCUT2D eigenvalue weighted by Crippen LogP contribution is -2.24. The Morgan fingerprint density at radius 3 is 2.87 bits per heavy atom. The molecule has 0 fully saturated rings. The highest BCUT2D eigenvalue weighted by Gasteiger charge is 2.07. The van der Waals surface area contributed by atoms with E-state index in [2.05, 4.69) is 27.9 Å². The van der Waals surface area contributed by atoms with Crippen LogP contribution in [0, 0.1) is 5.82 Å². The van der Waals surface area contributed by atoms with Crippen LogP contribution in [0.1, 0.15) is 16.8 Å². The highest BCUT2D eigenvalue weighted by Crippen LogP contribution is 2.15. The Hall–Kier alpha value is -0.360. The van der Waals surface area contributed by atoms with Crippen molar-refractivity contribution in [1.82, 2.24) is 5.32 Å². The van der Waals surface area contributed by atoms with Gasteiger partial charge in [-0.1, -0.05) is 34.2 Å². The summed E-state index contributed by atoms with van der Waals surface area (Å²) in [4.78, 5) is 11.5. The summed E-state index contributed by atoms with van der Waals surface area (Å²) >= 11 is 7.80. The fraction of sp³-hybridized carbons (Fsp3) is 0.300. The molecule has 1 aromatic rings. The molecule has 0 saturated carbocycles. The first kappa shape index (κ1) is 12.7. The highest BCUT2D eigenvalue weighted by atomic mass is 127. The number of amides is 1. The first-order chi connectivity index (χ1) is 7.15. The number of halogens is 3. The molecule has 0 unspecified atom stereocenters. The van der Waals surface area contributed by atoms with E-state index in [9.17, 15) is 9.18 Å². The van der Waals surface area contributed by atoms with Crippen molar-refractivity contribution in [3.05, 3.63) is 34.6 Å². The predicted octanol–water partition coefficient (Wildman–Crippen LogP) is 3.03. The lowest BCUT2D eigenvalue weighted by molar-refractivity contribution is 0.0954. The van der Waals surface area contributed by atoms with Crippen LogP contribution in [0.25, 0.3) is 0 Å². The van der Waals surface area contributed by atoms with Crippen molar-refractivity contribution in [3.63, 3.8) is 0 Å². The normalized spacial score (nSPS) is 10.1. The Labute approximate surface area is 106 Å². The first-order valence-electron chi connectivity index (χ1n) is 4.44. The van der Waals surface area contributed by atoms with Gasteiger partial charge in [0.15, 0.2) is 0 Å². The predicted molar refractivity (Wildman–Crippen MR) is 67.2 cm³/mol. The molecule has 1 amide bonds. The lowest BCUT2D eigenvalue weighted by Gasteiger charge is -2.04. The molecule has 2 nitrogen and oxygen atoms in total. The van der Waals surface area contributed by atoms with E-state index in [1.807, 2.05) is 0 Å². The van der Waals surface area contributed by atoms with Gasteiger partial charge in [-0.05, 0) is 24.6 Å². The van der Waals surface area contributed by atoms with E-state index >= 15 is 0 Å². The summed E-state index contributed by atoms with van der Waals surface area (Å²) < 4.78 is 13.8. The maximum absolute atomic E-state index is 12.8. The largest absolute Gasteiger partial charge is 0.352 e. The average Bonchev–Trinajstić information content (AvgIpc) is 2.22. The quantitative estimate of drug-likeness (QED) is 0.509. The minimum Gasteiger partial charge on any atom is -0.352 e. The van der Waals surface area contributed by atoms with E-state index in [0.717, 1.165) is 10.8 Å². The molecule has 15 heavy (non-hydrogen) atoms. The monoisotopic (exact) mass is 341 g/mol. The minimum atomic E-state index is -0.513. The summed E-state index contributed by atoms with van der Waals surface area (Å²) in [7, 11) is 0. The summed E-state index contributed by atoms with van der Waals surface area (Å²) in [6, 6.07) is 3.94. The third-order valence-electron chi connectivity index (χ3n) is 1.78. The average molecular weight is 342 g/mol. The van der Waals surface area contributed by atoms with Crippen molar-refractivity contribution in [2.24, 2.45) is 0 Å². The zero-order valence-electron chi connectivity index (χ0n) is 7.90. The number of alkyl halides is 1. The van der Waals surface area contributed by atoms with Crippen molar-refractivity contribution in [3.8, 4) is 0 Å². The van der Waals surface area contributed by atoms with Gasteiger partial charge in [-0.15, -0.1) is 0 Å². The molecular weight excluding hydrogens is 331 g/mol. The van der Waals surface area contributed by atoms with Gasteiger partial charge in [0.1, 0.15) is 5.82 Å². The van der Waals surface area contributed by atoms with E-state index in [1.165, 1.54) is 18.2 Å². The molecule has 1 N–H and O–H groups in total. The van der Waals surface area contributed by atoms with Crippen LogP contribution in [0.5, 0.6) is 0 Å². The van der Waals surface area contributed by atoms with Crippen LogP contribution in [0.3, 0.4) is 0 Å². The number of nitrogens with one attached hydrogen (secondary N) is 1. The van der Waals surface area contributed by atoms with Gasteiger partial charge in [-0.25, -0.2) is 4.39 Å². The van der Waals surface area contributed by atoms with Crippen molar-refractivity contribution in [2.45, 2.75) is 6.42 Å². The van der Waals surface area contributed by atoms with Crippen LogP contribution < -0.4 is 5.32 Å². The summed E-state index contributed by atoms with van der Waals surface area (Å²) in [6.07, 6.45) is 0.918. The molecule has 1 aromatic carbocycles. The second-order valence-corrected chi connectivity index (χ2v) is 4.41. The summed E-state index contributed by atoms with van der Waals surface area (Å²) in [5, 5.41) is 2.69. The van der Waals surface area contributed by atoms with Gasteiger partial charge in [0.25, 0.3) is 5.91 Å². The molecular formula is C10H10ClFINO. The second kappa shape index (κ2) is 6.27. The number of hydrogen-bond acceptors (Lipinski definition) is 1. The van der Waals surface area contributed by atoms with E-state index in [1.54, 1.807) is 0 Å². The van der Waals surface area contributed by atoms with E-state index in [0.29, 0.717) is 12.1 Å². The Morgan fingerprint density at radius 2 is 2.27 bits per heavy atom. The Morgan fingerprint density at radius 1 is 1.53 bits per heavy atom. The van der Waals surface area contributed by atoms with Crippen LogP contribution in [0.2, 0.25) is 5.02 Å². The minimum absolute atomic E-state index is 0.0310. The standard InChI is InChI=1S/C10H10ClFINO/c11-8-6-7(2-3-9(8)12)10(15)14-5-1-4-13/h2-3,6H,1,4-5H2,(H,14,15). The lowest BCUT2D eigenvalue weighted by atomic mass is 10.2. The maximum atomic E-state index is 12.8. The van der Waals surface area contributed by atoms with E-state index in [4.69, 9.17) is 11.6 Å². The first-order valence-corrected chi connectivity index (χ1v) is 6.34. The molecule has 0 aromatic heterocycles. The topological polar surface area (TPSA) is 29.1 Å². The molecule has 82 valence electrons. The molecule has 0 aliphatic carbocycles. The zero-order chi connectivity index (χ0) is 11.3. The van der Waals surface area contributed by atoms with Crippen LogP contribution >= 0.6 is 34.2 Å². The van der Waals surface area contributed by atoms with Crippen molar-refractivity contribution < 1.29 is 9.18 Å². The van der Waals surface area contributed by atoms with Crippen molar-refractivity contribution in [1.29, 1.82) is 0 Å². The molecule has 0 spiro atoms. The molecule has 5 heteroatoms. The number of hydrogen-bond donors (Lipinski definition) is 1. The number of carbonyl (C=O) groups excluding carboxylic acids is 1. The third-order valence-corrected chi connectivity index (χ3v) is 2.83. The van der Waals surface area contributed by atoms with Crippen LogP contribution in [0.15, 0.2) is 18.2 Å². The molecule has 1 rings (SSSR count). The van der Waals surface area contributed by atoms with Gasteiger partial charge in [0.05, 0.1) is 5.02 Å². The maximum Gasteiger partial charge on any atom is 0.251 e. The van der Waals surface area contributed by atoms with Crippen molar-refractivity contribution >= 4 is 40.1 Å². The zero-order valence-corrected chi connectivity index (χ0v) is 10.8. The smallest absolute Gasteiger partial charge is 0.251 e. The van der Waals surface area contributed by atoms with Gasteiger partial charge in [-0.3, -0.25) is 4.79 Å². The molecule has 0 aliphatic rings. The van der Waals surface area contributed by atoms with Gasteiger partial charge in [0.2, 0.25) is 0 Å². The molecule has 0 saturated heterocycles. The molecule has 0 bridgehead atoms. The number of benzene rings is 1. The van der Waals surface area contributed by atoms with Crippen molar-refractivity contribution in [2.75, 3.05) is 11.0 Å². The molecule has 0 heterocycles. The summed E-state index contributed by atoms with van der Waals surface area (Å²) in [5.74, 6) is -0.734. The van der Waals surface area contributed by atoms with Gasteiger partial charge in [-0.2, -0.15) is 0 Å². The summed E-state index contributed by atoms with van der Waals surface area (Å²) in [6.45, 7) is 0.622. The summed E-state index contributed by atoms with van der Waals surface area (Å²) in [5.41, 5.74) is 0.384. The fourth-order valence-corrected chi connectivity index (χ4v) is 1.57. The molecule has 0 radical (unpaired) electrons. The molecule has 0 atom stereocenters. The Bertz CT molecular complexity index is 359. The fourth-order valence-electron chi connectivity index (χ4n) is 1.01.